The highest BCUT2D eigenvalue weighted by molar-refractivity contribution is 5.97. The molecule has 0 aromatic carbocycles. The third-order valence-electron chi connectivity index (χ3n) is 2.70. The second-order valence-corrected chi connectivity index (χ2v) is 4.05. The molecule has 0 saturated carbocycles. The topological polar surface area (TPSA) is 82.7 Å². The number of aromatic nitrogens is 3. The third kappa shape index (κ3) is 4.33. The number of aromatic amines is 1. The van der Waals surface area contributed by atoms with Crippen molar-refractivity contribution in [3.8, 4) is 0 Å². The van der Waals surface area contributed by atoms with Crippen LogP contribution < -0.4 is 10.6 Å². The molecule has 3 N–H and O–H groups in total. The van der Waals surface area contributed by atoms with Crippen LogP contribution in [-0.4, -0.2) is 40.7 Å². The zero-order valence-corrected chi connectivity index (χ0v) is 13.0. The van der Waals surface area contributed by atoms with Gasteiger partial charge >= 0.3 is 0 Å². The van der Waals surface area contributed by atoms with Gasteiger partial charge in [-0.3, -0.25) is 9.89 Å². The summed E-state index contributed by atoms with van der Waals surface area (Å²) >= 11 is 0. The van der Waals surface area contributed by atoms with Crippen molar-refractivity contribution in [2.75, 3.05) is 19.6 Å². The maximum atomic E-state index is 11.9. The highest BCUT2D eigenvalue weighted by Gasteiger charge is 2.09. The number of rotatable bonds is 5. The molecule has 112 valence electrons. The third-order valence-corrected chi connectivity index (χ3v) is 2.70. The Kier molecular flexibility index (Phi) is 8.13. The van der Waals surface area contributed by atoms with Crippen molar-refractivity contribution < 1.29 is 4.79 Å². The Balaban J connectivity index is 0.00000180. The lowest BCUT2D eigenvalue weighted by atomic mass is 10.2. The summed E-state index contributed by atoms with van der Waals surface area (Å²) in [6.07, 6.45) is 1.55. The first-order valence-electron chi connectivity index (χ1n) is 6.02. The summed E-state index contributed by atoms with van der Waals surface area (Å²) in [6, 6.07) is 1.81. The number of carbonyl (C=O) groups excluding carboxylic acids is 1. The number of pyridine rings is 1. The van der Waals surface area contributed by atoms with Crippen LogP contribution in [0.1, 0.15) is 23.0 Å². The highest BCUT2D eigenvalue weighted by atomic mass is 35.5. The van der Waals surface area contributed by atoms with Gasteiger partial charge in [0.05, 0.1) is 5.56 Å². The second-order valence-electron chi connectivity index (χ2n) is 4.05. The van der Waals surface area contributed by atoms with Gasteiger partial charge in [0, 0.05) is 30.4 Å². The van der Waals surface area contributed by atoms with Gasteiger partial charge in [-0.25, -0.2) is 4.98 Å². The normalized spacial score (nSPS) is 9.70. The Morgan fingerprint density at radius 2 is 2.10 bits per heavy atom. The van der Waals surface area contributed by atoms with Crippen LogP contribution in [0, 0.1) is 6.92 Å². The van der Waals surface area contributed by atoms with Crippen molar-refractivity contribution in [3.63, 3.8) is 0 Å². The highest BCUT2D eigenvalue weighted by Crippen LogP contribution is 2.14. The fourth-order valence-electron chi connectivity index (χ4n) is 1.69. The van der Waals surface area contributed by atoms with Crippen molar-refractivity contribution in [1.82, 2.24) is 25.8 Å². The molecule has 0 spiro atoms. The summed E-state index contributed by atoms with van der Waals surface area (Å²) in [5.41, 5.74) is 2.11. The molecule has 2 heterocycles. The van der Waals surface area contributed by atoms with E-state index in [-0.39, 0.29) is 30.7 Å². The van der Waals surface area contributed by atoms with Crippen molar-refractivity contribution in [1.29, 1.82) is 0 Å². The Bertz CT molecular complexity index is 558. The average Bonchev–Trinajstić information content (AvgIpc) is 2.76. The van der Waals surface area contributed by atoms with E-state index in [4.69, 9.17) is 0 Å². The Morgan fingerprint density at radius 1 is 1.35 bits per heavy atom. The summed E-state index contributed by atoms with van der Waals surface area (Å²) in [5, 5.41) is 13.7. The Hall–Kier alpha value is -1.37. The molecule has 1 amide bonds. The number of aryl methyl sites for hydroxylation is 1. The van der Waals surface area contributed by atoms with E-state index in [2.05, 4.69) is 25.8 Å². The van der Waals surface area contributed by atoms with E-state index in [1.165, 1.54) is 0 Å². The van der Waals surface area contributed by atoms with Gasteiger partial charge in [0.15, 0.2) is 5.65 Å². The second kappa shape index (κ2) is 8.73. The summed E-state index contributed by atoms with van der Waals surface area (Å²) in [4.78, 5) is 16.0. The lowest BCUT2D eigenvalue weighted by Crippen LogP contribution is -2.31. The van der Waals surface area contributed by atoms with Crippen molar-refractivity contribution in [2.24, 2.45) is 0 Å². The van der Waals surface area contributed by atoms with E-state index < -0.39 is 0 Å². The van der Waals surface area contributed by atoms with Gasteiger partial charge in [-0.1, -0.05) is 6.92 Å². The Morgan fingerprint density at radius 3 is 2.80 bits per heavy atom. The summed E-state index contributed by atoms with van der Waals surface area (Å²) in [5.74, 6) is -0.108. The van der Waals surface area contributed by atoms with Crippen LogP contribution in [0.2, 0.25) is 0 Å². The fraction of sp³-hybridized carbons (Fsp3) is 0.417. The molecule has 0 unspecified atom stereocenters. The number of halogens is 2. The number of amides is 1. The van der Waals surface area contributed by atoms with Crippen LogP contribution in [-0.2, 0) is 0 Å². The van der Waals surface area contributed by atoms with E-state index in [0.717, 1.165) is 24.2 Å². The molecular weight excluding hydrogens is 301 g/mol. The quantitative estimate of drug-likeness (QED) is 0.728. The average molecular weight is 320 g/mol. The minimum absolute atomic E-state index is 0. The number of nitrogens with zero attached hydrogens (tertiary/aromatic N) is 2. The van der Waals surface area contributed by atoms with Crippen LogP contribution in [0.3, 0.4) is 0 Å². The number of hydrogen-bond donors (Lipinski definition) is 3. The molecule has 8 heteroatoms. The smallest absolute Gasteiger partial charge is 0.252 e. The van der Waals surface area contributed by atoms with Crippen molar-refractivity contribution in [2.45, 2.75) is 13.8 Å². The van der Waals surface area contributed by atoms with Gasteiger partial charge in [0.1, 0.15) is 0 Å². The molecule has 2 aromatic rings. The molecule has 0 saturated heterocycles. The number of hydrogen-bond acceptors (Lipinski definition) is 4. The summed E-state index contributed by atoms with van der Waals surface area (Å²) < 4.78 is 0. The maximum Gasteiger partial charge on any atom is 0.252 e. The minimum Gasteiger partial charge on any atom is -0.351 e. The van der Waals surface area contributed by atoms with E-state index in [1.54, 1.807) is 6.20 Å². The predicted molar refractivity (Wildman–Crippen MR) is 84.0 cm³/mol. The van der Waals surface area contributed by atoms with Crippen molar-refractivity contribution >= 4 is 41.8 Å². The molecule has 2 aromatic heterocycles. The van der Waals surface area contributed by atoms with E-state index in [9.17, 15) is 4.79 Å². The van der Waals surface area contributed by atoms with Crippen LogP contribution in [0.25, 0.3) is 11.0 Å². The van der Waals surface area contributed by atoms with Gasteiger partial charge in [-0.05, 0) is 19.5 Å². The molecule has 0 aliphatic heterocycles. The molecule has 20 heavy (non-hydrogen) atoms. The maximum absolute atomic E-state index is 11.9. The van der Waals surface area contributed by atoms with E-state index >= 15 is 0 Å². The fourth-order valence-corrected chi connectivity index (χ4v) is 1.69. The summed E-state index contributed by atoms with van der Waals surface area (Å²) in [6.45, 7) is 6.21. The first kappa shape index (κ1) is 18.6. The number of nitrogens with one attached hydrogen (secondary N) is 3. The van der Waals surface area contributed by atoms with Gasteiger partial charge in [-0.2, -0.15) is 5.10 Å². The van der Waals surface area contributed by atoms with Gasteiger partial charge < -0.3 is 10.6 Å². The molecular formula is C12H19Cl2N5O. The molecule has 2 rings (SSSR count). The van der Waals surface area contributed by atoms with Gasteiger partial charge in [0.25, 0.3) is 5.91 Å². The van der Waals surface area contributed by atoms with Crippen LogP contribution in [0.15, 0.2) is 12.3 Å². The van der Waals surface area contributed by atoms with Crippen molar-refractivity contribution in [3.05, 3.63) is 23.5 Å². The van der Waals surface area contributed by atoms with Gasteiger partial charge in [0.2, 0.25) is 0 Å². The Labute approximate surface area is 129 Å². The standard InChI is InChI=1S/C12H17N5O.2ClH/c1-3-13-4-5-14-12(18)9-6-10-8(2)16-17-11(10)15-7-9;;/h6-7,13H,3-5H2,1-2H3,(H,14,18)(H,15,16,17);2*1H. The number of carbonyl (C=O) groups is 1. The molecule has 0 fully saturated rings. The monoisotopic (exact) mass is 319 g/mol. The summed E-state index contributed by atoms with van der Waals surface area (Å²) in [7, 11) is 0. The molecule has 0 bridgehead atoms. The van der Waals surface area contributed by atoms with E-state index in [0.29, 0.717) is 17.8 Å². The SMILES string of the molecule is CCNCCNC(=O)c1cnc2n[nH]c(C)c2c1.Cl.Cl. The lowest BCUT2D eigenvalue weighted by molar-refractivity contribution is 0.0954. The first-order chi connectivity index (χ1) is 8.72. The number of fused-ring (bicyclic) bond motifs is 1. The zero-order chi connectivity index (χ0) is 13.0. The number of H-pyrrole nitrogens is 1. The zero-order valence-electron chi connectivity index (χ0n) is 11.4. The van der Waals surface area contributed by atoms with Gasteiger partial charge in [-0.15, -0.1) is 24.8 Å². The predicted octanol–water partition coefficient (Wildman–Crippen LogP) is 1.45. The largest absolute Gasteiger partial charge is 0.351 e. The van der Waals surface area contributed by atoms with Crippen LogP contribution in [0.4, 0.5) is 0 Å². The van der Waals surface area contributed by atoms with E-state index in [1.807, 2.05) is 19.9 Å². The molecule has 0 aliphatic carbocycles. The lowest BCUT2D eigenvalue weighted by Gasteiger charge is -2.05. The molecule has 0 atom stereocenters. The number of likely N-dealkylation sites (N-methyl/N-ethyl adjacent to an activating group) is 1. The minimum atomic E-state index is -0.108. The first-order valence-corrected chi connectivity index (χ1v) is 6.02. The van der Waals surface area contributed by atoms with Crippen LogP contribution >= 0.6 is 24.8 Å². The molecule has 6 nitrogen and oxygen atoms in total. The van der Waals surface area contributed by atoms with Crippen LogP contribution in [0.5, 0.6) is 0 Å². The molecule has 0 radical (unpaired) electrons. The molecule has 0 aliphatic rings.